The maximum absolute atomic E-state index is 6.07. The smallest absolute Gasteiger partial charge is 0.0538 e. The average Bonchev–Trinajstić information content (AvgIpc) is 2.98. The van der Waals surface area contributed by atoms with Crippen LogP contribution in [0.2, 0.25) is 0 Å². The second-order valence-corrected chi connectivity index (χ2v) is 6.53. The zero-order valence-electron chi connectivity index (χ0n) is 14.0. The van der Waals surface area contributed by atoms with Crippen molar-refractivity contribution in [3.8, 4) is 0 Å². The van der Waals surface area contributed by atoms with Crippen LogP contribution in [-0.2, 0) is 6.54 Å². The molecule has 1 aliphatic heterocycles. The zero-order chi connectivity index (χ0) is 15.3. The van der Waals surface area contributed by atoms with Crippen LogP contribution in [0.1, 0.15) is 64.5 Å². The van der Waals surface area contributed by atoms with Gasteiger partial charge in [0, 0.05) is 24.8 Å². The van der Waals surface area contributed by atoms with Crippen LogP contribution in [0.4, 0.5) is 0 Å². The van der Waals surface area contributed by atoms with Crippen molar-refractivity contribution in [2.75, 3.05) is 19.6 Å². The molecular formula is C17H32N4. The molecule has 0 spiro atoms. The van der Waals surface area contributed by atoms with E-state index in [1.165, 1.54) is 44.3 Å². The van der Waals surface area contributed by atoms with Gasteiger partial charge in [-0.3, -0.25) is 9.58 Å². The molecule has 2 heterocycles. The molecule has 2 rings (SSSR count). The molecule has 1 atom stereocenters. The van der Waals surface area contributed by atoms with Gasteiger partial charge < -0.3 is 5.73 Å². The van der Waals surface area contributed by atoms with E-state index in [1.807, 2.05) is 10.9 Å². The Morgan fingerprint density at radius 3 is 2.43 bits per heavy atom. The molecule has 0 bridgehead atoms. The fraction of sp³-hybridized carbons (Fsp3) is 0.824. The van der Waals surface area contributed by atoms with Crippen LogP contribution in [0, 0.1) is 5.41 Å². The van der Waals surface area contributed by atoms with E-state index in [0.717, 1.165) is 13.0 Å². The van der Waals surface area contributed by atoms with Crippen molar-refractivity contribution in [2.24, 2.45) is 11.1 Å². The lowest BCUT2D eigenvalue weighted by Crippen LogP contribution is -2.43. The van der Waals surface area contributed by atoms with Gasteiger partial charge in [0.05, 0.1) is 12.2 Å². The Hall–Kier alpha value is -0.870. The van der Waals surface area contributed by atoms with Crippen LogP contribution in [-0.4, -0.2) is 34.3 Å². The van der Waals surface area contributed by atoms with E-state index in [0.29, 0.717) is 18.0 Å². The minimum atomic E-state index is 0.335. The number of nitrogens with two attached hydrogens (primary N) is 1. The van der Waals surface area contributed by atoms with E-state index in [9.17, 15) is 0 Å². The molecule has 4 nitrogen and oxygen atoms in total. The van der Waals surface area contributed by atoms with E-state index >= 15 is 0 Å². The predicted molar refractivity (Wildman–Crippen MR) is 88.1 cm³/mol. The highest BCUT2D eigenvalue weighted by atomic mass is 15.3. The Kier molecular flexibility index (Phi) is 5.82. The van der Waals surface area contributed by atoms with Gasteiger partial charge in [-0.1, -0.05) is 33.6 Å². The summed E-state index contributed by atoms with van der Waals surface area (Å²) in [6, 6.07) is 0.335. The Labute approximate surface area is 129 Å². The lowest BCUT2D eigenvalue weighted by molar-refractivity contribution is 0.0679. The lowest BCUT2D eigenvalue weighted by atomic mass is 9.74. The maximum Gasteiger partial charge on any atom is 0.0538 e. The molecular weight excluding hydrogens is 260 g/mol. The number of aromatic nitrogens is 2. The first-order valence-electron chi connectivity index (χ1n) is 8.64. The molecule has 0 aliphatic carbocycles. The van der Waals surface area contributed by atoms with Crippen LogP contribution in [0.5, 0.6) is 0 Å². The van der Waals surface area contributed by atoms with Crippen molar-refractivity contribution in [1.29, 1.82) is 0 Å². The average molecular weight is 292 g/mol. The molecule has 1 aliphatic rings. The number of hydrogen-bond acceptors (Lipinski definition) is 3. The van der Waals surface area contributed by atoms with Gasteiger partial charge in [0.1, 0.15) is 0 Å². The van der Waals surface area contributed by atoms with Crippen LogP contribution >= 0.6 is 0 Å². The van der Waals surface area contributed by atoms with Crippen molar-refractivity contribution in [2.45, 2.75) is 65.5 Å². The van der Waals surface area contributed by atoms with Crippen LogP contribution in [0.15, 0.2) is 12.4 Å². The molecule has 1 fully saturated rings. The molecule has 0 saturated carbocycles. The van der Waals surface area contributed by atoms with Gasteiger partial charge in [-0.05, 0) is 37.8 Å². The summed E-state index contributed by atoms with van der Waals surface area (Å²) in [5, 5.41) is 4.47. The fourth-order valence-electron chi connectivity index (χ4n) is 3.67. The monoisotopic (exact) mass is 292 g/mol. The van der Waals surface area contributed by atoms with E-state index in [1.54, 1.807) is 0 Å². The zero-order valence-corrected chi connectivity index (χ0v) is 14.0. The lowest BCUT2D eigenvalue weighted by Gasteiger charge is -2.43. The molecule has 0 aromatic carbocycles. The third-order valence-electron chi connectivity index (χ3n) is 5.51. The molecule has 21 heavy (non-hydrogen) atoms. The van der Waals surface area contributed by atoms with Crippen molar-refractivity contribution in [3.63, 3.8) is 0 Å². The largest absolute Gasteiger partial charge is 0.329 e. The third kappa shape index (κ3) is 3.67. The first-order chi connectivity index (χ1) is 10.2. The Morgan fingerprint density at radius 2 is 1.90 bits per heavy atom. The SMILES string of the molecule is CCCn1cc(C(CN)N2CCC(CC)(CC)CC2)cn1. The molecule has 0 amide bonds. The first kappa shape index (κ1) is 16.5. The van der Waals surface area contributed by atoms with Gasteiger partial charge in [-0.25, -0.2) is 0 Å². The summed E-state index contributed by atoms with van der Waals surface area (Å²) in [5.74, 6) is 0. The Morgan fingerprint density at radius 1 is 1.24 bits per heavy atom. The molecule has 0 radical (unpaired) electrons. The maximum atomic E-state index is 6.07. The van der Waals surface area contributed by atoms with Crippen molar-refractivity contribution in [1.82, 2.24) is 14.7 Å². The third-order valence-corrected chi connectivity index (χ3v) is 5.51. The van der Waals surface area contributed by atoms with Crippen molar-refractivity contribution < 1.29 is 0 Å². The molecule has 1 aromatic heterocycles. The minimum absolute atomic E-state index is 0.335. The van der Waals surface area contributed by atoms with E-state index in [2.05, 4.69) is 37.0 Å². The predicted octanol–water partition coefficient (Wildman–Crippen LogP) is 3.20. The second kappa shape index (κ2) is 7.41. The Balaban J connectivity index is 2.02. The van der Waals surface area contributed by atoms with Crippen molar-refractivity contribution in [3.05, 3.63) is 18.0 Å². The highest BCUT2D eigenvalue weighted by Gasteiger charge is 2.33. The van der Waals surface area contributed by atoms with Gasteiger partial charge in [-0.15, -0.1) is 0 Å². The summed E-state index contributed by atoms with van der Waals surface area (Å²) in [6.45, 7) is 10.9. The topological polar surface area (TPSA) is 47.1 Å². The highest BCUT2D eigenvalue weighted by molar-refractivity contribution is 5.12. The van der Waals surface area contributed by atoms with Gasteiger partial charge in [0.15, 0.2) is 0 Å². The van der Waals surface area contributed by atoms with Gasteiger partial charge >= 0.3 is 0 Å². The van der Waals surface area contributed by atoms with Crippen LogP contribution in [0.25, 0.3) is 0 Å². The van der Waals surface area contributed by atoms with E-state index in [4.69, 9.17) is 5.73 Å². The van der Waals surface area contributed by atoms with Crippen molar-refractivity contribution >= 4 is 0 Å². The summed E-state index contributed by atoms with van der Waals surface area (Å²) in [6.07, 6.45) is 10.5. The molecule has 2 N–H and O–H groups in total. The van der Waals surface area contributed by atoms with Crippen LogP contribution in [0.3, 0.4) is 0 Å². The summed E-state index contributed by atoms with van der Waals surface area (Å²) >= 11 is 0. The Bertz CT molecular complexity index is 412. The van der Waals surface area contributed by atoms with E-state index in [-0.39, 0.29) is 0 Å². The number of nitrogens with zero attached hydrogens (tertiary/aromatic N) is 3. The van der Waals surface area contributed by atoms with Gasteiger partial charge in [0.25, 0.3) is 0 Å². The molecule has 4 heteroatoms. The summed E-state index contributed by atoms with van der Waals surface area (Å²) in [4.78, 5) is 2.57. The number of likely N-dealkylation sites (tertiary alicyclic amines) is 1. The van der Waals surface area contributed by atoms with Gasteiger partial charge in [-0.2, -0.15) is 5.10 Å². The molecule has 1 aromatic rings. The first-order valence-corrected chi connectivity index (χ1v) is 8.64. The van der Waals surface area contributed by atoms with Gasteiger partial charge in [0.2, 0.25) is 0 Å². The quantitative estimate of drug-likeness (QED) is 0.839. The van der Waals surface area contributed by atoms with Crippen LogP contribution < -0.4 is 5.73 Å². The summed E-state index contributed by atoms with van der Waals surface area (Å²) in [7, 11) is 0. The molecule has 1 unspecified atom stereocenters. The number of hydrogen-bond donors (Lipinski definition) is 1. The number of rotatable bonds is 7. The normalized spacial score (nSPS) is 20.6. The minimum Gasteiger partial charge on any atom is -0.329 e. The molecule has 1 saturated heterocycles. The second-order valence-electron chi connectivity index (χ2n) is 6.53. The summed E-state index contributed by atoms with van der Waals surface area (Å²) in [5.41, 5.74) is 7.93. The van der Waals surface area contributed by atoms with E-state index < -0.39 is 0 Å². The number of aryl methyl sites for hydroxylation is 1. The summed E-state index contributed by atoms with van der Waals surface area (Å²) < 4.78 is 2.05. The standard InChI is InChI=1S/C17H32N4/c1-4-9-21-14-15(13-19-21)16(12-18)20-10-7-17(5-2,6-3)8-11-20/h13-14,16H,4-12,18H2,1-3H3. The fourth-order valence-corrected chi connectivity index (χ4v) is 3.67. The molecule has 120 valence electrons. The number of piperidine rings is 1. The highest BCUT2D eigenvalue weighted by Crippen LogP contribution is 2.39.